The summed E-state index contributed by atoms with van der Waals surface area (Å²) in [4.78, 5) is 40.3. The molecule has 4 rings (SSSR count). The topological polar surface area (TPSA) is 138 Å². The number of benzene rings is 2. The molecule has 168 valence electrons. The lowest BCUT2D eigenvalue weighted by atomic mass is 9.98. The number of carbonyl (C=O) groups is 1. The van der Waals surface area contributed by atoms with Gasteiger partial charge in [0.15, 0.2) is 18.1 Å². The Morgan fingerprint density at radius 2 is 1.85 bits per heavy atom. The monoisotopic (exact) mass is 447 g/mol. The Labute approximate surface area is 188 Å². The molecule has 10 heteroatoms. The largest absolute Gasteiger partial charge is 0.490 e. The van der Waals surface area contributed by atoms with E-state index >= 15 is 0 Å². The molecule has 0 saturated carbocycles. The molecule has 33 heavy (non-hydrogen) atoms. The van der Waals surface area contributed by atoms with E-state index in [1.54, 1.807) is 25.1 Å². The van der Waals surface area contributed by atoms with Gasteiger partial charge in [-0.05, 0) is 30.2 Å². The number of urea groups is 1. The molecule has 3 N–H and O–H groups in total. The quantitative estimate of drug-likeness (QED) is 0.507. The second-order valence-corrected chi connectivity index (χ2v) is 7.21. The van der Waals surface area contributed by atoms with Crippen molar-refractivity contribution in [2.24, 2.45) is 0 Å². The Kier molecular flexibility index (Phi) is 6.13. The zero-order valence-corrected chi connectivity index (χ0v) is 17.8. The molecule has 2 aromatic carbocycles. The fraction of sp³-hybridized carbons (Fsp3) is 0.217. The predicted molar refractivity (Wildman–Crippen MR) is 120 cm³/mol. The van der Waals surface area contributed by atoms with Crippen LogP contribution in [0.2, 0.25) is 0 Å². The van der Waals surface area contributed by atoms with Gasteiger partial charge in [0.25, 0.3) is 5.56 Å². The number of aromatic nitrogens is 2. The van der Waals surface area contributed by atoms with Crippen LogP contribution in [0.3, 0.4) is 0 Å². The number of fused-ring (bicyclic) bond motifs is 1. The number of rotatable bonds is 7. The highest BCUT2D eigenvalue weighted by Gasteiger charge is 2.32. The molecule has 1 aromatic heterocycles. The van der Waals surface area contributed by atoms with Crippen LogP contribution in [0.1, 0.15) is 29.7 Å². The van der Waals surface area contributed by atoms with Crippen molar-refractivity contribution in [1.29, 1.82) is 5.26 Å². The second-order valence-electron chi connectivity index (χ2n) is 7.21. The van der Waals surface area contributed by atoms with Crippen LogP contribution in [-0.4, -0.2) is 28.8 Å². The van der Waals surface area contributed by atoms with E-state index in [1.807, 2.05) is 36.4 Å². The van der Waals surface area contributed by atoms with E-state index in [1.165, 1.54) is 4.57 Å². The summed E-state index contributed by atoms with van der Waals surface area (Å²) in [5.41, 5.74) is 0.335. The lowest BCUT2D eigenvalue weighted by molar-refractivity contribution is 0.248. The van der Waals surface area contributed by atoms with E-state index in [4.69, 9.17) is 14.7 Å². The van der Waals surface area contributed by atoms with Gasteiger partial charge in [-0.15, -0.1) is 0 Å². The number of nitrogens with one attached hydrogen (secondary N) is 3. The molecule has 1 aliphatic rings. The van der Waals surface area contributed by atoms with Gasteiger partial charge < -0.3 is 14.8 Å². The van der Waals surface area contributed by atoms with Crippen LogP contribution in [0, 0.1) is 11.3 Å². The molecule has 3 aromatic rings. The maximum atomic E-state index is 12.8. The van der Waals surface area contributed by atoms with Crippen LogP contribution in [0.15, 0.2) is 58.1 Å². The number of aromatic amines is 1. The number of hydrogen-bond donors (Lipinski definition) is 3. The summed E-state index contributed by atoms with van der Waals surface area (Å²) >= 11 is 0. The minimum atomic E-state index is -0.843. The van der Waals surface area contributed by atoms with Crippen molar-refractivity contribution in [1.82, 2.24) is 14.9 Å². The third-order valence-corrected chi connectivity index (χ3v) is 5.11. The number of H-pyrrole nitrogens is 1. The summed E-state index contributed by atoms with van der Waals surface area (Å²) in [6.07, 6.45) is 0. The highest BCUT2D eigenvalue weighted by molar-refractivity contribution is 5.92. The Bertz CT molecular complexity index is 1340. The van der Waals surface area contributed by atoms with E-state index < -0.39 is 23.3 Å². The highest BCUT2D eigenvalue weighted by atomic mass is 16.5. The average Bonchev–Trinajstić information content (AvgIpc) is 2.81. The summed E-state index contributed by atoms with van der Waals surface area (Å²) in [7, 11) is 0. The minimum Gasteiger partial charge on any atom is -0.490 e. The van der Waals surface area contributed by atoms with Gasteiger partial charge in [-0.2, -0.15) is 5.26 Å². The maximum Gasteiger partial charge on any atom is 0.330 e. The third kappa shape index (κ3) is 4.43. The molecule has 0 aliphatic carbocycles. The first-order valence-electron chi connectivity index (χ1n) is 10.3. The molecule has 0 bridgehead atoms. The number of nitriles is 1. The van der Waals surface area contributed by atoms with Gasteiger partial charge in [0.2, 0.25) is 0 Å². The van der Waals surface area contributed by atoms with Gasteiger partial charge in [0.05, 0.1) is 24.8 Å². The van der Waals surface area contributed by atoms with Crippen molar-refractivity contribution in [2.45, 2.75) is 19.5 Å². The Balaban J connectivity index is 1.82. The first-order chi connectivity index (χ1) is 16.0. The zero-order chi connectivity index (χ0) is 23.4. The SMILES string of the molecule is CCOc1cc(C2NC(=O)Nc3c2c(=O)[nH]c(=O)n3Cc2ccccc2)ccc1OCC#N. The second kappa shape index (κ2) is 9.32. The number of anilines is 1. The van der Waals surface area contributed by atoms with Crippen LogP contribution >= 0.6 is 0 Å². The van der Waals surface area contributed by atoms with Crippen molar-refractivity contribution in [3.8, 4) is 17.6 Å². The van der Waals surface area contributed by atoms with Gasteiger partial charge in [-0.3, -0.25) is 19.7 Å². The van der Waals surface area contributed by atoms with Gasteiger partial charge in [-0.1, -0.05) is 36.4 Å². The molecule has 1 aliphatic heterocycles. The number of amides is 2. The summed E-state index contributed by atoms with van der Waals surface area (Å²) in [5, 5.41) is 14.1. The van der Waals surface area contributed by atoms with E-state index in [2.05, 4.69) is 15.6 Å². The van der Waals surface area contributed by atoms with Gasteiger partial charge in [0, 0.05) is 0 Å². The average molecular weight is 447 g/mol. The first kappa shape index (κ1) is 21.7. The summed E-state index contributed by atoms with van der Waals surface area (Å²) in [6.45, 7) is 2.16. The van der Waals surface area contributed by atoms with Crippen molar-refractivity contribution < 1.29 is 14.3 Å². The molecular weight excluding hydrogens is 426 g/mol. The van der Waals surface area contributed by atoms with Gasteiger partial charge in [0.1, 0.15) is 11.9 Å². The maximum absolute atomic E-state index is 12.8. The molecule has 0 spiro atoms. The molecule has 1 unspecified atom stereocenters. The highest BCUT2D eigenvalue weighted by Crippen LogP contribution is 2.35. The zero-order valence-electron chi connectivity index (χ0n) is 17.8. The molecule has 10 nitrogen and oxygen atoms in total. The Morgan fingerprint density at radius 3 is 2.58 bits per heavy atom. The van der Waals surface area contributed by atoms with E-state index in [-0.39, 0.29) is 24.5 Å². The smallest absolute Gasteiger partial charge is 0.330 e. The van der Waals surface area contributed by atoms with Gasteiger partial charge in [-0.25, -0.2) is 9.59 Å². The normalized spacial score (nSPS) is 14.4. The van der Waals surface area contributed by atoms with Crippen LogP contribution in [0.25, 0.3) is 0 Å². The Hall–Kier alpha value is -4.52. The molecule has 1 atom stereocenters. The van der Waals surface area contributed by atoms with Crippen LogP contribution in [-0.2, 0) is 6.54 Å². The van der Waals surface area contributed by atoms with Crippen LogP contribution in [0.5, 0.6) is 11.5 Å². The third-order valence-electron chi connectivity index (χ3n) is 5.11. The van der Waals surface area contributed by atoms with Crippen LogP contribution < -0.4 is 31.4 Å². The molecule has 0 radical (unpaired) electrons. The molecule has 0 saturated heterocycles. The van der Waals surface area contributed by atoms with E-state index in [0.717, 1.165) is 5.56 Å². The number of nitrogens with zero attached hydrogens (tertiary/aromatic N) is 2. The summed E-state index contributed by atoms with van der Waals surface area (Å²) in [6, 6.07) is 14.7. The van der Waals surface area contributed by atoms with Crippen LogP contribution in [0.4, 0.5) is 10.6 Å². The number of carbonyl (C=O) groups excluding carboxylic acids is 1. The summed E-state index contributed by atoms with van der Waals surface area (Å²) < 4.78 is 12.4. The fourth-order valence-corrected chi connectivity index (χ4v) is 3.70. The molecule has 2 amide bonds. The van der Waals surface area contributed by atoms with Gasteiger partial charge >= 0.3 is 11.7 Å². The molecule has 0 fully saturated rings. The first-order valence-corrected chi connectivity index (χ1v) is 10.3. The van der Waals surface area contributed by atoms with E-state index in [0.29, 0.717) is 23.7 Å². The van der Waals surface area contributed by atoms with Crippen molar-refractivity contribution in [3.63, 3.8) is 0 Å². The molecule has 2 heterocycles. The Morgan fingerprint density at radius 1 is 1.06 bits per heavy atom. The lowest BCUT2D eigenvalue weighted by Crippen LogP contribution is -2.46. The minimum absolute atomic E-state index is 0.129. The molecular formula is C23H21N5O5. The fourth-order valence-electron chi connectivity index (χ4n) is 3.70. The van der Waals surface area contributed by atoms with E-state index in [9.17, 15) is 14.4 Å². The lowest BCUT2D eigenvalue weighted by Gasteiger charge is -2.29. The van der Waals surface area contributed by atoms with Crippen molar-refractivity contribution in [2.75, 3.05) is 18.5 Å². The number of hydrogen-bond acceptors (Lipinski definition) is 6. The standard InChI is InChI=1S/C23H21N5O5/c1-2-32-17-12-15(8-9-16(17)33-11-10-24)19-18-20(26-22(30)25-19)28(23(31)27-21(18)29)13-14-6-4-3-5-7-14/h3-9,12,19H,2,11,13H2,1H3,(H2,25,26,30)(H,27,29,31). The summed E-state index contributed by atoms with van der Waals surface area (Å²) in [5.74, 6) is 0.864. The van der Waals surface area contributed by atoms with Crippen molar-refractivity contribution >= 4 is 11.8 Å². The predicted octanol–water partition coefficient (Wildman–Crippen LogP) is 2.11. The van der Waals surface area contributed by atoms with Crippen molar-refractivity contribution in [3.05, 3.63) is 86.1 Å². The number of ether oxygens (including phenoxy) is 2.